The van der Waals surface area contributed by atoms with E-state index < -0.39 is 0 Å². The van der Waals surface area contributed by atoms with Crippen molar-refractivity contribution in [2.45, 2.75) is 184 Å². The van der Waals surface area contributed by atoms with Crippen LogP contribution in [0.1, 0.15) is 137 Å². The lowest BCUT2D eigenvalue weighted by Gasteiger charge is -2.44. The van der Waals surface area contributed by atoms with Gasteiger partial charge < -0.3 is 83.4 Å². The summed E-state index contributed by atoms with van der Waals surface area (Å²) >= 11 is 0. The molecule has 0 amide bonds. The number of rotatable bonds is 5. The topological polar surface area (TPSA) is 258 Å². The van der Waals surface area contributed by atoms with Crippen LogP contribution in [0, 0.1) is 11.8 Å². The summed E-state index contributed by atoms with van der Waals surface area (Å²) in [7, 11) is 0. The van der Waals surface area contributed by atoms with Gasteiger partial charge in [-0.1, -0.05) is 6.42 Å². The first-order valence-corrected chi connectivity index (χ1v) is 25.2. The molecule has 0 aromatic carbocycles. The molecular formula is C47H102N8O8. The molecule has 0 saturated carbocycles. The van der Waals surface area contributed by atoms with Gasteiger partial charge in [0, 0.05) is 56.0 Å². The van der Waals surface area contributed by atoms with Gasteiger partial charge in [0.2, 0.25) is 0 Å². The van der Waals surface area contributed by atoms with Gasteiger partial charge in [0.25, 0.3) is 0 Å². The largest absolute Gasteiger partial charge is 0.396 e. The van der Waals surface area contributed by atoms with Crippen LogP contribution in [0.5, 0.6) is 0 Å². The Balaban J connectivity index is 0.000000362. The quantitative estimate of drug-likeness (QED) is 0.177. The summed E-state index contributed by atoms with van der Waals surface area (Å²) in [5.74, 6) is 1.32. The molecule has 16 heteroatoms. The van der Waals surface area contributed by atoms with Crippen LogP contribution >= 0.6 is 0 Å². The Morgan fingerprint density at radius 1 is 0.397 bits per heavy atom. The Morgan fingerprint density at radius 3 is 1.16 bits per heavy atom. The van der Waals surface area contributed by atoms with Crippen LogP contribution < -0.4 is 42.5 Å². The zero-order valence-electron chi connectivity index (χ0n) is 40.5. The van der Waals surface area contributed by atoms with E-state index in [0.717, 1.165) is 149 Å². The second-order valence-electron chi connectivity index (χ2n) is 20.0. The molecule has 8 aliphatic rings. The third-order valence-corrected chi connectivity index (χ3v) is 12.5. The highest BCUT2D eigenvalue weighted by Gasteiger charge is 2.36. The van der Waals surface area contributed by atoms with E-state index in [9.17, 15) is 5.11 Å². The third kappa shape index (κ3) is 35.2. The van der Waals surface area contributed by atoms with Crippen molar-refractivity contribution >= 4 is 0 Å². The van der Waals surface area contributed by atoms with Gasteiger partial charge in [-0.15, -0.1) is 0 Å². The highest BCUT2D eigenvalue weighted by molar-refractivity contribution is 4.96. The van der Waals surface area contributed by atoms with Gasteiger partial charge in [-0.3, -0.25) is 0 Å². The predicted molar refractivity (Wildman–Crippen MR) is 257 cm³/mol. The molecule has 0 radical (unpaired) electrons. The minimum atomic E-state index is -0.138. The van der Waals surface area contributed by atoms with Gasteiger partial charge in [-0.05, 0) is 201 Å². The van der Waals surface area contributed by atoms with Crippen molar-refractivity contribution in [2.75, 3.05) is 105 Å². The molecule has 0 aromatic rings. The van der Waals surface area contributed by atoms with Crippen molar-refractivity contribution < 1.29 is 40.9 Å². The van der Waals surface area contributed by atoms with E-state index in [-0.39, 0.29) is 35.5 Å². The van der Waals surface area contributed by atoms with Gasteiger partial charge in [0.1, 0.15) is 0 Å². The van der Waals surface area contributed by atoms with Gasteiger partial charge in [-0.25, -0.2) is 0 Å². The van der Waals surface area contributed by atoms with Gasteiger partial charge in [-0.2, -0.15) is 0 Å². The monoisotopic (exact) mass is 907 g/mol. The maximum absolute atomic E-state index is 9.54. The molecule has 5 atom stereocenters. The molecule has 8 rings (SSSR count). The second kappa shape index (κ2) is 38.3. The summed E-state index contributed by atoms with van der Waals surface area (Å²) in [5, 5.41) is 96.0. The van der Waals surface area contributed by atoms with Gasteiger partial charge in [0.15, 0.2) is 0 Å². The molecule has 5 unspecified atom stereocenters. The predicted octanol–water partition coefficient (Wildman–Crippen LogP) is 0.288. The number of piperidine rings is 6. The van der Waals surface area contributed by atoms with E-state index in [4.69, 9.17) is 35.7 Å². The normalized spacial score (nSPS) is 29.4. The lowest BCUT2D eigenvalue weighted by molar-refractivity contribution is 0.0396. The zero-order valence-corrected chi connectivity index (χ0v) is 40.5. The van der Waals surface area contributed by atoms with Crippen LogP contribution in [0.3, 0.4) is 0 Å². The number of β-amino-alcohol motifs (C(OH)–C–C–N with tert-alkyl or cyclic N) is 2. The molecule has 0 bridgehead atoms. The molecule has 8 saturated heterocycles. The van der Waals surface area contributed by atoms with Crippen LogP contribution in [0.25, 0.3) is 0 Å². The van der Waals surface area contributed by atoms with Crippen molar-refractivity contribution in [3.63, 3.8) is 0 Å². The molecule has 0 aliphatic carbocycles. The van der Waals surface area contributed by atoms with Gasteiger partial charge >= 0.3 is 0 Å². The van der Waals surface area contributed by atoms with Crippen LogP contribution in [0.2, 0.25) is 0 Å². The Bertz CT molecular complexity index is 930. The van der Waals surface area contributed by atoms with E-state index in [0.29, 0.717) is 44.4 Å². The van der Waals surface area contributed by atoms with Crippen molar-refractivity contribution in [3.05, 3.63) is 0 Å². The van der Waals surface area contributed by atoms with Crippen LogP contribution in [-0.2, 0) is 0 Å². The molecule has 0 spiro atoms. The molecular weight excluding hydrogens is 805 g/mol. The van der Waals surface area contributed by atoms with Gasteiger partial charge in [0.05, 0.1) is 37.6 Å². The first-order valence-electron chi connectivity index (χ1n) is 25.2. The lowest BCUT2D eigenvalue weighted by Crippen LogP contribution is -2.59. The van der Waals surface area contributed by atoms with E-state index in [1.54, 1.807) is 0 Å². The third-order valence-electron chi connectivity index (χ3n) is 12.5. The van der Waals surface area contributed by atoms with Crippen LogP contribution in [-0.4, -0.2) is 193 Å². The molecule has 8 fully saturated rings. The molecule has 63 heavy (non-hydrogen) atoms. The highest BCUT2D eigenvalue weighted by Crippen LogP contribution is 2.28. The Morgan fingerprint density at radius 2 is 0.857 bits per heavy atom. The van der Waals surface area contributed by atoms with Crippen LogP contribution in [0.4, 0.5) is 0 Å². The number of hydrogen-bond donors (Lipinski definition) is 16. The summed E-state index contributed by atoms with van der Waals surface area (Å²) in [6.45, 7) is 22.1. The lowest BCUT2D eigenvalue weighted by atomic mass is 9.81. The zero-order chi connectivity index (χ0) is 46.6. The van der Waals surface area contributed by atoms with E-state index in [2.05, 4.69) is 70.2 Å². The number of aliphatic hydroxyl groups excluding tert-OH is 8. The van der Waals surface area contributed by atoms with E-state index in [1.165, 1.54) is 44.9 Å². The maximum atomic E-state index is 9.54. The molecule has 16 nitrogen and oxygen atoms in total. The first-order chi connectivity index (χ1) is 30.2. The van der Waals surface area contributed by atoms with Crippen molar-refractivity contribution in [3.8, 4) is 0 Å². The highest BCUT2D eigenvalue weighted by atomic mass is 16.3. The van der Waals surface area contributed by atoms with Crippen molar-refractivity contribution in [2.24, 2.45) is 11.8 Å². The average molecular weight is 907 g/mol. The fraction of sp³-hybridized carbons (Fsp3) is 1.00. The fourth-order valence-electron chi connectivity index (χ4n) is 8.97. The second-order valence-corrected chi connectivity index (χ2v) is 20.0. The van der Waals surface area contributed by atoms with E-state index >= 15 is 0 Å². The summed E-state index contributed by atoms with van der Waals surface area (Å²) in [6.07, 6.45) is 18.3. The minimum Gasteiger partial charge on any atom is -0.396 e. The van der Waals surface area contributed by atoms with Crippen molar-refractivity contribution in [1.82, 2.24) is 42.5 Å². The molecule has 378 valence electrons. The fourth-order valence-corrected chi connectivity index (χ4v) is 8.97. The molecule has 8 aliphatic heterocycles. The summed E-state index contributed by atoms with van der Waals surface area (Å²) in [6, 6.07) is 0.795. The summed E-state index contributed by atoms with van der Waals surface area (Å²) < 4.78 is 0. The number of aliphatic hydroxyl groups is 8. The Hall–Kier alpha value is -0.640. The average Bonchev–Trinajstić information content (AvgIpc) is 4.00. The summed E-state index contributed by atoms with van der Waals surface area (Å²) in [4.78, 5) is 0. The smallest absolute Gasteiger partial charge is 0.0676 e. The minimum absolute atomic E-state index is 0.0266. The molecule has 8 heterocycles. The Kier molecular flexibility index (Phi) is 36.7. The standard InChI is InChI=1S/C9H19NO.C7H15NO.2C6H13NO.3C5H11NO.C4H9NO/c1-8(2)5-7(11)6-9(3,4)10-8;9-6-3-7-1-4-8-5-2-7;8-5-6-2-1-3-7-4-6;8-5-6-3-1-2-4-7-6;7-5-1-3-6-4-2-5;7-4-5-2-1-3-6-5;7-5-2-1-3-6-4-5;6-4-1-2-5-3-4/h7,10-11H,5-6H2,1-4H3;7-9H,1-6H2;2*6-8H,1-5H2;3*5-7H,1-4H2;4-6H,1-3H2. The first kappa shape index (κ1) is 60.4. The van der Waals surface area contributed by atoms with E-state index in [1.807, 2.05) is 0 Å². The summed E-state index contributed by atoms with van der Waals surface area (Å²) in [5.41, 5.74) is 0.169. The number of nitrogens with one attached hydrogen (secondary N) is 8. The molecule has 0 aromatic heterocycles. The Labute approximate surface area is 383 Å². The van der Waals surface area contributed by atoms with Crippen molar-refractivity contribution in [1.29, 1.82) is 0 Å². The molecule has 16 N–H and O–H groups in total. The maximum Gasteiger partial charge on any atom is 0.0676 e. The SMILES string of the molecule is CC1(C)CC(O)CC(C)(C)N1.OC1CCCNC1.OC1CCNC1.OC1CCNCC1.OCC1CCCCN1.OCC1CCCN1.OCC1CCCNC1.OCCC1CCNCC1. The number of hydrogen-bond acceptors (Lipinski definition) is 16. The van der Waals surface area contributed by atoms with Crippen LogP contribution in [0.15, 0.2) is 0 Å².